The zero-order chi connectivity index (χ0) is 27.6. The van der Waals surface area contributed by atoms with Gasteiger partial charge in [0.05, 0.1) is 19.8 Å². The predicted octanol–water partition coefficient (Wildman–Crippen LogP) is 3.50. The molecule has 0 bridgehead atoms. The number of aliphatic hydroxyl groups excluding tert-OH is 1. The summed E-state index contributed by atoms with van der Waals surface area (Å²) in [5.74, 6) is 0.938. The number of quaternary nitrogens is 1. The molecule has 1 aromatic heterocycles. The van der Waals surface area contributed by atoms with Gasteiger partial charge in [-0.05, 0) is 42.9 Å². The Bertz CT molecular complexity index is 1130. The molecule has 3 fully saturated rings. The summed E-state index contributed by atoms with van der Waals surface area (Å²) in [6.45, 7) is 5.94. The van der Waals surface area contributed by atoms with Gasteiger partial charge in [0.15, 0.2) is 6.10 Å². The summed E-state index contributed by atoms with van der Waals surface area (Å²) in [5.41, 5.74) is 1.11. The van der Waals surface area contributed by atoms with Crippen molar-refractivity contribution in [2.75, 3.05) is 51.3 Å². The van der Waals surface area contributed by atoms with Crippen LogP contribution in [0.4, 0.5) is 14.7 Å². The quantitative estimate of drug-likeness (QED) is 0.323. The monoisotopic (exact) mass is 545 g/mol. The molecule has 1 amide bonds. The van der Waals surface area contributed by atoms with Crippen LogP contribution in [0.15, 0.2) is 24.5 Å². The molecule has 39 heavy (non-hydrogen) atoms. The Morgan fingerprint density at radius 1 is 1.18 bits per heavy atom. The number of rotatable bonds is 12. The second-order valence-electron chi connectivity index (χ2n) is 11.9. The van der Waals surface area contributed by atoms with Crippen molar-refractivity contribution in [3.63, 3.8) is 0 Å². The van der Waals surface area contributed by atoms with Gasteiger partial charge < -0.3 is 19.5 Å². The number of anilines is 1. The van der Waals surface area contributed by atoms with Gasteiger partial charge in [-0.15, -0.1) is 0 Å². The topological polar surface area (TPSA) is 84.8 Å². The van der Waals surface area contributed by atoms with Crippen LogP contribution in [0.25, 0.3) is 0 Å². The summed E-state index contributed by atoms with van der Waals surface area (Å²) >= 11 is 0. The molecule has 2 unspecified atom stereocenters. The molecule has 1 saturated carbocycles. The number of carbonyl (C=O) groups excluding carboxylic acids is 1. The number of nitrogens with zero attached hydrogens (tertiary/aromatic N) is 4. The van der Waals surface area contributed by atoms with Crippen LogP contribution in [0.1, 0.15) is 43.7 Å². The number of aromatic nitrogens is 2. The molecule has 2 aliphatic heterocycles. The summed E-state index contributed by atoms with van der Waals surface area (Å²) in [7, 11) is 1.66. The number of likely N-dealkylation sites (tertiary alicyclic amines) is 1. The van der Waals surface area contributed by atoms with E-state index in [0.717, 1.165) is 56.7 Å². The third-order valence-electron chi connectivity index (χ3n) is 9.05. The molecule has 2 aromatic rings. The third kappa shape index (κ3) is 6.23. The molecule has 1 aliphatic carbocycles. The molecule has 2 atom stereocenters. The normalized spacial score (nSPS) is 28.7. The third-order valence-corrected chi connectivity index (χ3v) is 9.05. The fourth-order valence-electron chi connectivity index (χ4n) is 6.47. The van der Waals surface area contributed by atoms with Gasteiger partial charge in [-0.1, -0.05) is 6.92 Å². The fraction of sp³-hybridized carbons (Fsp3) is 0.621. The number of ether oxygens (including phenoxy) is 2. The van der Waals surface area contributed by atoms with Gasteiger partial charge in [0, 0.05) is 62.3 Å². The highest BCUT2D eigenvalue weighted by atomic mass is 19.1. The Kier molecular flexibility index (Phi) is 8.16. The minimum Gasteiger partial charge on any atom is -0.493 e. The number of amides is 1. The number of hydrogen-bond donors (Lipinski definition) is 1. The van der Waals surface area contributed by atoms with Gasteiger partial charge in [0.2, 0.25) is 5.95 Å². The van der Waals surface area contributed by atoms with Crippen LogP contribution in [-0.4, -0.2) is 78.5 Å². The first-order valence-electron chi connectivity index (χ1n) is 13.9. The molecular weight excluding hydrogens is 506 g/mol. The summed E-state index contributed by atoms with van der Waals surface area (Å²) in [6, 6.07) is 2.47. The minimum absolute atomic E-state index is 0.0346. The lowest BCUT2D eigenvalue weighted by Gasteiger charge is -2.42. The van der Waals surface area contributed by atoms with E-state index in [1.54, 1.807) is 7.11 Å². The Labute approximate surface area is 228 Å². The van der Waals surface area contributed by atoms with Gasteiger partial charge in [-0.3, -0.25) is 4.48 Å². The predicted molar refractivity (Wildman–Crippen MR) is 141 cm³/mol. The molecule has 5 rings (SSSR count). The molecule has 0 radical (unpaired) electrons. The van der Waals surface area contributed by atoms with E-state index in [0.29, 0.717) is 38.1 Å². The van der Waals surface area contributed by atoms with E-state index in [4.69, 9.17) is 9.47 Å². The largest absolute Gasteiger partial charge is 0.493 e. The maximum Gasteiger partial charge on any atom is 0.301 e. The maximum atomic E-state index is 14.7. The SMILES string of the molecule is COCc1cnc(N2CCC(C3CC3(C)CCOc3cc(F)c(CC[N+]4(C=O)CC(O)C4)c(F)c3)CC2)nc1. The van der Waals surface area contributed by atoms with Crippen molar-refractivity contribution in [1.29, 1.82) is 0 Å². The molecule has 1 aromatic carbocycles. The first-order chi connectivity index (χ1) is 18.7. The van der Waals surface area contributed by atoms with Gasteiger partial charge in [0.25, 0.3) is 0 Å². The van der Waals surface area contributed by atoms with E-state index in [1.807, 2.05) is 12.4 Å². The highest BCUT2D eigenvalue weighted by molar-refractivity contribution is 5.39. The zero-order valence-corrected chi connectivity index (χ0v) is 22.8. The lowest BCUT2D eigenvalue weighted by molar-refractivity contribution is -0.895. The van der Waals surface area contributed by atoms with Gasteiger partial charge >= 0.3 is 6.41 Å². The molecule has 212 valence electrons. The van der Waals surface area contributed by atoms with E-state index in [-0.39, 0.29) is 34.2 Å². The van der Waals surface area contributed by atoms with Crippen molar-refractivity contribution in [3.8, 4) is 5.75 Å². The molecule has 8 nitrogen and oxygen atoms in total. The first-order valence-corrected chi connectivity index (χ1v) is 13.9. The smallest absolute Gasteiger partial charge is 0.301 e. The molecule has 2 saturated heterocycles. The second kappa shape index (κ2) is 11.4. The van der Waals surface area contributed by atoms with Crippen LogP contribution in [0.5, 0.6) is 5.75 Å². The van der Waals surface area contributed by atoms with Crippen molar-refractivity contribution in [2.45, 2.75) is 51.7 Å². The average Bonchev–Trinajstić information content (AvgIpc) is 3.58. The fourth-order valence-corrected chi connectivity index (χ4v) is 6.47. The maximum absolute atomic E-state index is 14.7. The molecule has 10 heteroatoms. The van der Waals surface area contributed by atoms with Crippen molar-refractivity contribution in [2.24, 2.45) is 17.3 Å². The summed E-state index contributed by atoms with van der Waals surface area (Å²) in [5, 5.41) is 9.52. The number of methoxy groups -OCH3 is 1. The van der Waals surface area contributed by atoms with Crippen LogP contribution < -0.4 is 9.64 Å². The standard InChI is InChI=1S/C29H39F2N4O4/c1-29(13-25(29)21-3-7-34(8-4-21)28-32-14-20(15-33-28)18-38-2)6-10-39-23-11-26(30)24(27(31)12-23)5-9-35(19-36)16-22(37)17-35/h11-12,14-15,19,21-22,25,37H,3-10,13,16-18H2,1-2H3/q+1. The van der Waals surface area contributed by atoms with Crippen molar-refractivity contribution in [1.82, 2.24) is 9.97 Å². The first kappa shape index (κ1) is 27.9. The van der Waals surface area contributed by atoms with E-state index in [1.165, 1.54) is 12.1 Å². The lowest BCUT2D eigenvalue weighted by atomic mass is 9.87. The number of carbonyl (C=O) groups is 1. The molecule has 3 heterocycles. The van der Waals surface area contributed by atoms with E-state index < -0.39 is 17.7 Å². The van der Waals surface area contributed by atoms with Crippen molar-refractivity contribution >= 4 is 12.4 Å². The summed E-state index contributed by atoms with van der Waals surface area (Å²) in [6.07, 6.45) is 8.16. The highest BCUT2D eigenvalue weighted by Crippen LogP contribution is 2.60. The van der Waals surface area contributed by atoms with Crippen LogP contribution in [0.2, 0.25) is 0 Å². The Balaban J connectivity index is 1.06. The van der Waals surface area contributed by atoms with Gasteiger partial charge in [-0.25, -0.2) is 23.5 Å². The minimum atomic E-state index is -0.658. The Morgan fingerprint density at radius 2 is 1.85 bits per heavy atom. The number of aliphatic hydroxyl groups is 1. The molecule has 3 aliphatic rings. The molecule has 1 N–H and O–H groups in total. The Hall–Kier alpha value is -2.69. The summed E-state index contributed by atoms with van der Waals surface area (Å²) < 4.78 is 40.3. The number of hydrogen-bond acceptors (Lipinski definition) is 7. The van der Waals surface area contributed by atoms with E-state index >= 15 is 0 Å². The van der Waals surface area contributed by atoms with Crippen LogP contribution >= 0.6 is 0 Å². The molecule has 0 spiro atoms. The van der Waals surface area contributed by atoms with Crippen LogP contribution in [0.3, 0.4) is 0 Å². The van der Waals surface area contributed by atoms with Crippen LogP contribution in [0, 0.1) is 28.9 Å². The van der Waals surface area contributed by atoms with E-state index in [2.05, 4.69) is 21.8 Å². The number of benzene rings is 1. The van der Waals surface area contributed by atoms with Gasteiger partial charge in [0.1, 0.15) is 30.5 Å². The average molecular weight is 546 g/mol. The van der Waals surface area contributed by atoms with Crippen molar-refractivity contribution in [3.05, 3.63) is 47.3 Å². The van der Waals surface area contributed by atoms with E-state index in [9.17, 15) is 18.7 Å². The zero-order valence-electron chi connectivity index (χ0n) is 22.8. The second-order valence-corrected chi connectivity index (χ2v) is 11.9. The number of piperidine rings is 1. The molecular formula is C29H39F2N4O4+. The van der Waals surface area contributed by atoms with Crippen molar-refractivity contribution < 1.29 is 32.6 Å². The lowest BCUT2D eigenvalue weighted by Crippen LogP contribution is -2.66. The Morgan fingerprint density at radius 3 is 2.44 bits per heavy atom. The summed E-state index contributed by atoms with van der Waals surface area (Å²) in [4.78, 5) is 22.6. The van der Waals surface area contributed by atoms with Crippen LogP contribution in [-0.2, 0) is 22.6 Å². The van der Waals surface area contributed by atoms with Gasteiger partial charge in [-0.2, -0.15) is 0 Å². The highest BCUT2D eigenvalue weighted by Gasteiger charge is 2.53. The number of halogens is 2.